The third-order valence-corrected chi connectivity index (χ3v) is 5.88. The highest BCUT2D eigenvalue weighted by molar-refractivity contribution is 5.89. The Balaban J connectivity index is 1.65. The highest BCUT2D eigenvalue weighted by atomic mass is 16.2. The molecule has 6 nitrogen and oxygen atoms in total. The Morgan fingerprint density at radius 2 is 1.80 bits per heavy atom. The summed E-state index contributed by atoms with van der Waals surface area (Å²) in [6, 6.07) is 7.19. The van der Waals surface area contributed by atoms with Crippen molar-refractivity contribution in [2.24, 2.45) is 0 Å². The molecule has 1 amide bonds. The average Bonchev–Trinajstić information content (AvgIpc) is 3.22. The van der Waals surface area contributed by atoms with E-state index < -0.39 is 0 Å². The zero-order chi connectivity index (χ0) is 17.6. The standard InChI is InChI=1S/C19H26N4O2/c1-14(2)22-15-7-3-4-8-16(15)23(18(22)25)17(24)20-13-19-9-5-11-21(19)12-6-10-19/h3-4,7-8,14H,5-6,9-13H2,1-2H3,(H,20,24). The van der Waals surface area contributed by atoms with Gasteiger partial charge in [-0.1, -0.05) is 12.1 Å². The van der Waals surface area contributed by atoms with Crippen LogP contribution in [0.3, 0.4) is 0 Å². The van der Waals surface area contributed by atoms with E-state index in [1.807, 2.05) is 38.1 Å². The van der Waals surface area contributed by atoms with E-state index in [4.69, 9.17) is 0 Å². The Bertz CT molecular complexity index is 854. The van der Waals surface area contributed by atoms with Gasteiger partial charge in [0.1, 0.15) is 0 Å². The quantitative estimate of drug-likeness (QED) is 0.933. The molecule has 2 saturated heterocycles. The normalized spacial score (nSPS) is 19.6. The number of para-hydroxylation sites is 2. The minimum Gasteiger partial charge on any atom is -0.335 e. The second-order valence-corrected chi connectivity index (χ2v) is 7.65. The summed E-state index contributed by atoms with van der Waals surface area (Å²) >= 11 is 0. The topological polar surface area (TPSA) is 59.3 Å². The van der Waals surface area contributed by atoms with E-state index in [1.54, 1.807) is 4.57 Å². The lowest BCUT2D eigenvalue weighted by molar-refractivity contribution is 0.186. The average molecular weight is 342 g/mol. The first kappa shape index (κ1) is 16.4. The zero-order valence-electron chi connectivity index (χ0n) is 15.0. The number of imidazole rings is 1. The lowest BCUT2D eigenvalue weighted by Crippen LogP contribution is -2.50. The Labute approximate surface area is 147 Å². The number of nitrogens with zero attached hydrogens (tertiary/aromatic N) is 3. The summed E-state index contributed by atoms with van der Waals surface area (Å²) in [5.74, 6) is 0. The molecule has 0 saturated carbocycles. The maximum Gasteiger partial charge on any atom is 0.337 e. The number of aromatic nitrogens is 2. The van der Waals surface area contributed by atoms with Crippen LogP contribution in [-0.4, -0.2) is 45.2 Å². The zero-order valence-corrected chi connectivity index (χ0v) is 15.0. The van der Waals surface area contributed by atoms with Crippen LogP contribution in [0.15, 0.2) is 29.1 Å². The molecule has 2 aromatic rings. The van der Waals surface area contributed by atoms with Crippen LogP contribution in [0, 0.1) is 0 Å². The predicted molar refractivity (Wildman–Crippen MR) is 98.2 cm³/mol. The molecule has 0 bridgehead atoms. The number of rotatable bonds is 3. The summed E-state index contributed by atoms with van der Waals surface area (Å²) in [7, 11) is 0. The summed E-state index contributed by atoms with van der Waals surface area (Å²) in [6.07, 6.45) is 4.66. The van der Waals surface area contributed by atoms with Crippen molar-refractivity contribution in [3.63, 3.8) is 0 Å². The Morgan fingerprint density at radius 1 is 1.16 bits per heavy atom. The van der Waals surface area contributed by atoms with Gasteiger partial charge in [0, 0.05) is 18.1 Å². The molecule has 3 heterocycles. The summed E-state index contributed by atoms with van der Waals surface area (Å²) < 4.78 is 2.98. The number of amides is 1. The molecule has 1 N–H and O–H groups in total. The predicted octanol–water partition coefficient (Wildman–Crippen LogP) is 2.57. The molecule has 134 valence electrons. The molecule has 2 aliphatic rings. The fourth-order valence-electron chi connectivity index (χ4n) is 4.70. The van der Waals surface area contributed by atoms with E-state index in [0.29, 0.717) is 12.1 Å². The van der Waals surface area contributed by atoms with E-state index >= 15 is 0 Å². The highest BCUT2D eigenvalue weighted by Gasteiger charge is 2.44. The van der Waals surface area contributed by atoms with Crippen LogP contribution in [-0.2, 0) is 0 Å². The molecule has 0 aliphatic carbocycles. The van der Waals surface area contributed by atoms with Crippen LogP contribution < -0.4 is 11.0 Å². The summed E-state index contributed by atoms with van der Waals surface area (Å²) in [6.45, 7) is 6.80. The van der Waals surface area contributed by atoms with Gasteiger partial charge in [-0.05, 0) is 64.8 Å². The maximum absolute atomic E-state index is 12.9. The van der Waals surface area contributed by atoms with Crippen molar-refractivity contribution in [1.82, 2.24) is 19.4 Å². The van der Waals surface area contributed by atoms with Gasteiger partial charge in [0.05, 0.1) is 11.0 Å². The second kappa shape index (κ2) is 6.02. The molecule has 25 heavy (non-hydrogen) atoms. The van der Waals surface area contributed by atoms with Gasteiger partial charge in [-0.2, -0.15) is 0 Å². The molecule has 2 aliphatic heterocycles. The molecule has 1 aromatic heterocycles. The maximum atomic E-state index is 12.9. The molecule has 0 unspecified atom stereocenters. The van der Waals surface area contributed by atoms with Gasteiger partial charge in [-0.25, -0.2) is 14.2 Å². The van der Waals surface area contributed by atoms with Crippen LogP contribution in [0.4, 0.5) is 4.79 Å². The van der Waals surface area contributed by atoms with E-state index in [-0.39, 0.29) is 23.3 Å². The molecule has 1 aromatic carbocycles. The van der Waals surface area contributed by atoms with Crippen molar-refractivity contribution in [3.8, 4) is 0 Å². The summed E-state index contributed by atoms with van der Waals surface area (Å²) in [5, 5.41) is 3.06. The molecule has 0 spiro atoms. The molecular formula is C19H26N4O2. The van der Waals surface area contributed by atoms with Crippen LogP contribution in [0.25, 0.3) is 11.0 Å². The summed E-state index contributed by atoms with van der Waals surface area (Å²) in [5.41, 5.74) is 1.32. The SMILES string of the molecule is CC(C)n1c(=O)n(C(=O)NCC23CCCN2CCC3)c2ccccc21. The largest absolute Gasteiger partial charge is 0.337 e. The van der Waals surface area contributed by atoms with E-state index in [1.165, 1.54) is 17.4 Å². The van der Waals surface area contributed by atoms with Gasteiger partial charge < -0.3 is 5.32 Å². The number of nitrogens with one attached hydrogen (secondary N) is 1. The second-order valence-electron chi connectivity index (χ2n) is 7.65. The van der Waals surface area contributed by atoms with Crippen LogP contribution >= 0.6 is 0 Å². The van der Waals surface area contributed by atoms with Gasteiger partial charge in [0.2, 0.25) is 0 Å². The van der Waals surface area contributed by atoms with Gasteiger partial charge in [0.25, 0.3) is 0 Å². The number of benzene rings is 1. The first-order valence-electron chi connectivity index (χ1n) is 9.29. The van der Waals surface area contributed by atoms with E-state index in [9.17, 15) is 9.59 Å². The van der Waals surface area contributed by atoms with Crippen LogP contribution in [0.5, 0.6) is 0 Å². The van der Waals surface area contributed by atoms with Crippen LogP contribution in [0.2, 0.25) is 0 Å². The molecular weight excluding hydrogens is 316 g/mol. The molecule has 0 atom stereocenters. The van der Waals surface area contributed by atoms with Crippen molar-refractivity contribution in [3.05, 3.63) is 34.7 Å². The highest BCUT2D eigenvalue weighted by Crippen LogP contribution is 2.38. The fraction of sp³-hybridized carbons (Fsp3) is 0.579. The summed E-state index contributed by atoms with van der Waals surface area (Å²) in [4.78, 5) is 28.2. The first-order chi connectivity index (χ1) is 12.0. The lowest BCUT2D eigenvalue weighted by atomic mass is 9.94. The first-order valence-corrected chi connectivity index (χ1v) is 9.29. The molecule has 4 rings (SSSR count). The number of hydrogen-bond acceptors (Lipinski definition) is 3. The smallest absolute Gasteiger partial charge is 0.335 e. The Morgan fingerprint density at radius 3 is 2.44 bits per heavy atom. The molecule has 2 fully saturated rings. The van der Waals surface area contributed by atoms with Crippen molar-refractivity contribution in [2.45, 2.75) is 51.1 Å². The van der Waals surface area contributed by atoms with Crippen molar-refractivity contribution >= 4 is 17.1 Å². The number of carbonyl (C=O) groups is 1. The van der Waals surface area contributed by atoms with Gasteiger partial charge >= 0.3 is 11.7 Å². The minimum atomic E-state index is -0.311. The van der Waals surface area contributed by atoms with Crippen molar-refractivity contribution in [1.29, 1.82) is 0 Å². The van der Waals surface area contributed by atoms with Gasteiger partial charge in [-0.15, -0.1) is 0 Å². The molecule has 0 radical (unpaired) electrons. The third-order valence-electron chi connectivity index (χ3n) is 5.88. The molecule has 6 heteroatoms. The van der Waals surface area contributed by atoms with Gasteiger partial charge in [0.15, 0.2) is 0 Å². The van der Waals surface area contributed by atoms with E-state index in [2.05, 4.69) is 10.2 Å². The van der Waals surface area contributed by atoms with Crippen LogP contribution in [0.1, 0.15) is 45.6 Å². The lowest BCUT2D eigenvalue weighted by Gasteiger charge is -2.32. The van der Waals surface area contributed by atoms with E-state index in [0.717, 1.165) is 31.4 Å². The number of hydrogen-bond donors (Lipinski definition) is 1. The Kier molecular flexibility index (Phi) is 3.95. The van der Waals surface area contributed by atoms with Gasteiger partial charge in [-0.3, -0.25) is 9.47 Å². The third kappa shape index (κ3) is 2.51. The fourth-order valence-corrected chi connectivity index (χ4v) is 4.70. The Hall–Kier alpha value is -2.08. The minimum absolute atomic E-state index is 0.00481. The van der Waals surface area contributed by atoms with Crippen molar-refractivity contribution in [2.75, 3.05) is 19.6 Å². The van der Waals surface area contributed by atoms with Crippen molar-refractivity contribution < 1.29 is 4.79 Å². The number of carbonyl (C=O) groups excluding carboxylic acids is 1. The number of fused-ring (bicyclic) bond motifs is 2. The monoisotopic (exact) mass is 342 g/mol.